The minimum Gasteiger partial charge on any atom is -0.376 e. The van der Waals surface area contributed by atoms with Crippen molar-refractivity contribution in [3.63, 3.8) is 0 Å². The minimum atomic E-state index is -0.975. The van der Waals surface area contributed by atoms with Gasteiger partial charge in [0, 0.05) is 24.5 Å². The molecule has 0 bridgehead atoms. The molecule has 104 valence electrons. The first-order chi connectivity index (χ1) is 9.49. The van der Waals surface area contributed by atoms with Crippen molar-refractivity contribution in [1.82, 2.24) is 4.98 Å². The summed E-state index contributed by atoms with van der Waals surface area (Å²) in [4.78, 5) is 15.0. The first kappa shape index (κ1) is 13.9. The number of aromatic nitrogens is 1. The molecule has 0 spiro atoms. The maximum absolute atomic E-state index is 13.7. The molecule has 1 heterocycles. The van der Waals surface area contributed by atoms with E-state index in [9.17, 15) is 13.6 Å². The Balaban J connectivity index is 2.29. The van der Waals surface area contributed by atoms with E-state index in [0.717, 1.165) is 11.6 Å². The number of benzene rings is 1. The zero-order chi connectivity index (χ0) is 14.7. The summed E-state index contributed by atoms with van der Waals surface area (Å²) in [5.41, 5.74) is 5.58. The molecule has 20 heavy (non-hydrogen) atoms. The van der Waals surface area contributed by atoms with Gasteiger partial charge < -0.3 is 11.1 Å². The first-order valence-corrected chi connectivity index (χ1v) is 5.94. The second-order valence-electron chi connectivity index (χ2n) is 4.32. The average molecular weight is 277 g/mol. The van der Waals surface area contributed by atoms with E-state index in [1.807, 2.05) is 6.92 Å². The van der Waals surface area contributed by atoms with E-state index >= 15 is 0 Å². The number of nitrogens with one attached hydrogen (secondary N) is 1. The van der Waals surface area contributed by atoms with Gasteiger partial charge in [-0.25, -0.2) is 8.78 Å². The Labute approximate surface area is 114 Å². The third kappa shape index (κ3) is 2.90. The van der Waals surface area contributed by atoms with Gasteiger partial charge in [0.1, 0.15) is 11.6 Å². The van der Waals surface area contributed by atoms with Crippen molar-refractivity contribution >= 4 is 11.6 Å². The number of halogens is 2. The van der Waals surface area contributed by atoms with Gasteiger partial charge in [-0.2, -0.15) is 0 Å². The van der Waals surface area contributed by atoms with Crippen LogP contribution in [0, 0.1) is 11.6 Å². The molecule has 3 N–H and O–H groups in total. The summed E-state index contributed by atoms with van der Waals surface area (Å²) in [7, 11) is 0. The number of nitrogens with zero attached hydrogens (tertiary/aromatic N) is 1. The Hall–Kier alpha value is -2.50. The zero-order valence-electron chi connectivity index (χ0n) is 10.7. The molecule has 0 saturated carbocycles. The van der Waals surface area contributed by atoms with Gasteiger partial charge in [0.05, 0.1) is 11.3 Å². The van der Waals surface area contributed by atoms with Crippen LogP contribution in [0.15, 0.2) is 36.7 Å². The molecule has 0 saturated heterocycles. The van der Waals surface area contributed by atoms with E-state index in [2.05, 4.69) is 10.3 Å². The fraction of sp³-hybridized carbons (Fsp3) is 0.143. The smallest absolute Gasteiger partial charge is 0.251 e. The molecule has 0 aliphatic rings. The summed E-state index contributed by atoms with van der Waals surface area (Å²) in [6, 6.07) is 5.02. The largest absolute Gasteiger partial charge is 0.376 e. The van der Waals surface area contributed by atoms with E-state index in [1.54, 1.807) is 24.5 Å². The van der Waals surface area contributed by atoms with Crippen LogP contribution in [0.25, 0.3) is 0 Å². The predicted octanol–water partition coefficient (Wildman–Crippen LogP) is 2.63. The Morgan fingerprint density at radius 2 is 1.90 bits per heavy atom. The molecule has 1 aromatic heterocycles. The highest BCUT2D eigenvalue weighted by molar-refractivity contribution is 5.94. The van der Waals surface area contributed by atoms with Crippen molar-refractivity contribution in [3.05, 3.63) is 59.4 Å². The van der Waals surface area contributed by atoms with Crippen LogP contribution in [0.3, 0.4) is 0 Å². The van der Waals surface area contributed by atoms with Crippen LogP contribution in [0.5, 0.6) is 0 Å². The SMILES string of the molecule is CC(Nc1cc(C(N)=O)c(F)cc1F)c1ccncc1. The fourth-order valence-electron chi connectivity index (χ4n) is 1.82. The first-order valence-electron chi connectivity index (χ1n) is 5.94. The number of carbonyl (C=O) groups excluding carboxylic acids is 1. The van der Waals surface area contributed by atoms with Gasteiger partial charge in [-0.1, -0.05) is 0 Å². The van der Waals surface area contributed by atoms with Gasteiger partial charge in [0.2, 0.25) is 0 Å². The Bertz CT molecular complexity index is 632. The summed E-state index contributed by atoms with van der Waals surface area (Å²) < 4.78 is 27.1. The molecule has 4 nitrogen and oxygen atoms in total. The number of amides is 1. The monoisotopic (exact) mass is 277 g/mol. The molecule has 1 atom stereocenters. The van der Waals surface area contributed by atoms with Crippen LogP contribution in [-0.4, -0.2) is 10.9 Å². The van der Waals surface area contributed by atoms with Crippen LogP contribution in [0.2, 0.25) is 0 Å². The van der Waals surface area contributed by atoms with E-state index in [1.165, 1.54) is 0 Å². The molecule has 1 unspecified atom stereocenters. The van der Waals surface area contributed by atoms with Gasteiger partial charge in [-0.15, -0.1) is 0 Å². The molecule has 0 aliphatic carbocycles. The molecule has 2 aromatic rings. The lowest BCUT2D eigenvalue weighted by Gasteiger charge is -2.16. The number of pyridine rings is 1. The van der Waals surface area contributed by atoms with Gasteiger partial charge in [0.15, 0.2) is 0 Å². The van der Waals surface area contributed by atoms with Crippen LogP contribution in [-0.2, 0) is 0 Å². The minimum absolute atomic E-state index is 0.0181. The molecule has 0 aliphatic heterocycles. The number of hydrogen-bond donors (Lipinski definition) is 2. The Kier molecular flexibility index (Phi) is 3.93. The van der Waals surface area contributed by atoms with Gasteiger partial charge >= 0.3 is 0 Å². The van der Waals surface area contributed by atoms with Crippen LogP contribution < -0.4 is 11.1 Å². The normalized spacial score (nSPS) is 11.9. The van der Waals surface area contributed by atoms with E-state index in [0.29, 0.717) is 6.07 Å². The maximum atomic E-state index is 13.7. The predicted molar refractivity (Wildman–Crippen MR) is 71.2 cm³/mol. The number of rotatable bonds is 4. The number of hydrogen-bond acceptors (Lipinski definition) is 3. The van der Waals surface area contributed by atoms with E-state index in [-0.39, 0.29) is 17.3 Å². The van der Waals surface area contributed by atoms with Crippen molar-refractivity contribution in [2.24, 2.45) is 5.73 Å². The number of primary amides is 1. The van der Waals surface area contributed by atoms with E-state index in [4.69, 9.17) is 5.73 Å². The molecule has 6 heteroatoms. The lowest BCUT2D eigenvalue weighted by molar-refractivity contribution is 0.0996. The molecular formula is C14H13F2N3O. The lowest BCUT2D eigenvalue weighted by atomic mass is 10.1. The molecule has 0 fully saturated rings. The Morgan fingerprint density at radius 3 is 2.50 bits per heavy atom. The summed E-state index contributed by atoms with van der Waals surface area (Å²) in [6.07, 6.45) is 3.23. The van der Waals surface area contributed by atoms with E-state index < -0.39 is 17.5 Å². The molecule has 1 amide bonds. The summed E-state index contributed by atoms with van der Waals surface area (Å²) in [5.74, 6) is -2.70. The topological polar surface area (TPSA) is 68.0 Å². The fourth-order valence-corrected chi connectivity index (χ4v) is 1.82. The number of carbonyl (C=O) groups is 1. The van der Waals surface area contributed by atoms with Gasteiger partial charge in [-0.3, -0.25) is 9.78 Å². The second-order valence-corrected chi connectivity index (χ2v) is 4.32. The molecular weight excluding hydrogens is 264 g/mol. The highest BCUT2D eigenvalue weighted by atomic mass is 19.1. The summed E-state index contributed by atoms with van der Waals surface area (Å²) >= 11 is 0. The average Bonchev–Trinajstić information content (AvgIpc) is 2.42. The number of nitrogens with two attached hydrogens (primary N) is 1. The highest BCUT2D eigenvalue weighted by Gasteiger charge is 2.15. The zero-order valence-corrected chi connectivity index (χ0v) is 10.7. The molecule has 0 radical (unpaired) electrons. The standard InChI is InChI=1S/C14H13F2N3O/c1-8(9-2-4-18-5-3-9)19-13-6-10(14(17)20)11(15)7-12(13)16/h2-8,19H,1H3,(H2,17,20). The van der Waals surface area contributed by atoms with Crippen molar-refractivity contribution in [2.75, 3.05) is 5.32 Å². The van der Waals surface area contributed by atoms with Crippen molar-refractivity contribution < 1.29 is 13.6 Å². The second kappa shape index (κ2) is 5.64. The lowest BCUT2D eigenvalue weighted by Crippen LogP contribution is -2.15. The Morgan fingerprint density at radius 1 is 1.25 bits per heavy atom. The molecule has 2 rings (SSSR count). The van der Waals surface area contributed by atoms with Crippen molar-refractivity contribution in [2.45, 2.75) is 13.0 Å². The third-order valence-electron chi connectivity index (χ3n) is 2.90. The maximum Gasteiger partial charge on any atom is 0.251 e. The number of anilines is 1. The summed E-state index contributed by atoms with van der Waals surface area (Å²) in [6.45, 7) is 1.81. The highest BCUT2D eigenvalue weighted by Crippen LogP contribution is 2.24. The molecule has 1 aromatic carbocycles. The van der Waals surface area contributed by atoms with Crippen LogP contribution >= 0.6 is 0 Å². The third-order valence-corrected chi connectivity index (χ3v) is 2.90. The van der Waals surface area contributed by atoms with Crippen LogP contribution in [0.1, 0.15) is 28.9 Å². The van der Waals surface area contributed by atoms with Crippen molar-refractivity contribution in [1.29, 1.82) is 0 Å². The van der Waals surface area contributed by atoms with Crippen LogP contribution in [0.4, 0.5) is 14.5 Å². The van der Waals surface area contributed by atoms with Gasteiger partial charge in [-0.05, 0) is 30.7 Å². The summed E-state index contributed by atoms with van der Waals surface area (Å²) in [5, 5.41) is 2.87. The quantitative estimate of drug-likeness (QED) is 0.902. The van der Waals surface area contributed by atoms with Gasteiger partial charge in [0.25, 0.3) is 5.91 Å². The van der Waals surface area contributed by atoms with Crippen molar-refractivity contribution in [3.8, 4) is 0 Å².